The van der Waals surface area contributed by atoms with Crippen LogP contribution in [-0.2, 0) is 33.3 Å². The van der Waals surface area contributed by atoms with E-state index in [0.717, 1.165) is 18.4 Å². The van der Waals surface area contributed by atoms with Crippen LogP contribution in [0.2, 0.25) is 0 Å². The Morgan fingerprint density at radius 1 is 1.31 bits per heavy atom. The van der Waals surface area contributed by atoms with Crippen LogP contribution in [0.5, 0.6) is 0 Å². The summed E-state index contributed by atoms with van der Waals surface area (Å²) in [4.78, 5) is 36.4. The second-order valence-corrected chi connectivity index (χ2v) is 9.90. The molecule has 2 aliphatic heterocycles. The van der Waals surface area contributed by atoms with Gasteiger partial charge in [-0.3, -0.25) is 14.4 Å². The van der Waals surface area contributed by atoms with Crippen LogP contribution in [0.25, 0.3) is 0 Å². The van der Waals surface area contributed by atoms with Crippen LogP contribution in [0, 0.1) is 0 Å². The number of ether oxygens (including phenoxy) is 4. The van der Waals surface area contributed by atoms with Crippen LogP contribution < -0.4 is 0 Å². The van der Waals surface area contributed by atoms with E-state index in [1.165, 1.54) is 6.92 Å². The minimum Gasteiger partial charge on any atom is -0.465 e. The van der Waals surface area contributed by atoms with Gasteiger partial charge in [0.2, 0.25) is 0 Å². The molecule has 1 saturated heterocycles. The molecular weight excluding hydrogens is 488 g/mol. The van der Waals surface area contributed by atoms with Gasteiger partial charge in [0.15, 0.2) is 0 Å². The molecule has 2 bridgehead atoms. The third-order valence-corrected chi connectivity index (χ3v) is 6.47. The molecule has 0 aliphatic carbocycles. The van der Waals surface area contributed by atoms with Gasteiger partial charge in [-0.2, -0.15) is 0 Å². The average Bonchev–Trinajstić information content (AvgIpc) is 3.18. The summed E-state index contributed by atoms with van der Waals surface area (Å²) >= 11 is 6.38. The predicted octanol–water partition coefficient (Wildman–Crippen LogP) is 4.67. The van der Waals surface area contributed by atoms with Crippen LogP contribution in [0.1, 0.15) is 79.1 Å². The molecule has 0 aromatic rings. The zero-order valence-electron chi connectivity index (χ0n) is 21.7. The van der Waals surface area contributed by atoms with Gasteiger partial charge in [0.05, 0.1) is 25.6 Å². The van der Waals surface area contributed by atoms with Crippen LogP contribution in [-0.4, -0.2) is 60.1 Å². The van der Waals surface area contributed by atoms with Gasteiger partial charge in [-0.15, -0.1) is 0 Å². The Morgan fingerprint density at radius 2 is 2.06 bits per heavy atom. The summed E-state index contributed by atoms with van der Waals surface area (Å²) in [5, 5.41) is 11.6. The van der Waals surface area contributed by atoms with Crippen molar-refractivity contribution in [1.82, 2.24) is 0 Å². The molecule has 202 valence electrons. The number of allylic oxidation sites excluding steroid dienone is 3. The van der Waals surface area contributed by atoms with Gasteiger partial charge in [-0.05, 0) is 45.1 Å². The molecule has 2 rings (SSSR count). The Labute approximate surface area is 218 Å². The largest absolute Gasteiger partial charge is 0.465 e. The Balaban J connectivity index is 2.16. The smallest absolute Gasteiger partial charge is 0.310 e. The van der Waals surface area contributed by atoms with Crippen molar-refractivity contribution in [3.8, 4) is 0 Å². The first-order chi connectivity index (χ1) is 17.1. The van der Waals surface area contributed by atoms with E-state index in [1.807, 2.05) is 19.1 Å². The zero-order valence-corrected chi connectivity index (χ0v) is 22.4. The summed E-state index contributed by atoms with van der Waals surface area (Å²) in [5.74, 6) is -1.41. The van der Waals surface area contributed by atoms with Gasteiger partial charge >= 0.3 is 17.9 Å². The Hall–Kier alpha value is -2.16. The SMILES string of the molecule is CCCCOC(=O)CC(C)=CC(O)C1OC2CCC(Cl)=CCC=C(C)C(OC(C)=O)CC(=O)OC1C2. The maximum absolute atomic E-state index is 12.8. The molecule has 0 aromatic carbocycles. The van der Waals surface area contributed by atoms with Gasteiger partial charge in [-0.25, -0.2) is 0 Å². The number of rotatable bonds is 8. The van der Waals surface area contributed by atoms with Crippen molar-refractivity contribution in [3.63, 3.8) is 0 Å². The van der Waals surface area contributed by atoms with Gasteiger partial charge < -0.3 is 24.1 Å². The van der Waals surface area contributed by atoms with Gasteiger partial charge in [-0.1, -0.05) is 48.7 Å². The molecule has 2 aliphatic rings. The fourth-order valence-corrected chi connectivity index (χ4v) is 4.38. The third-order valence-electron chi connectivity index (χ3n) is 6.12. The summed E-state index contributed by atoms with van der Waals surface area (Å²) in [6, 6.07) is 0. The van der Waals surface area contributed by atoms with E-state index < -0.39 is 36.4 Å². The van der Waals surface area contributed by atoms with E-state index >= 15 is 0 Å². The number of hydrogen-bond acceptors (Lipinski definition) is 8. The topological polar surface area (TPSA) is 108 Å². The van der Waals surface area contributed by atoms with Crippen molar-refractivity contribution in [3.05, 3.63) is 34.4 Å². The lowest BCUT2D eigenvalue weighted by Crippen LogP contribution is -2.37. The first kappa shape index (κ1) is 30.1. The second kappa shape index (κ2) is 15.2. The lowest BCUT2D eigenvalue weighted by atomic mass is 10.0. The van der Waals surface area contributed by atoms with Crippen molar-refractivity contribution in [2.75, 3.05) is 6.61 Å². The van der Waals surface area contributed by atoms with Crippen molar-refractivity contribution in [1.29, 1.82) is 0 Å². The summed E-state index contributed by atoms with van der Waals surface area (Å²) in [6.07, 6.45) is 5.43. The molecule has 5 unspecified atom stereocenters. The van der Waals surface area contributed by atoms with Gasteiger partial charge in [0, 0.05) is 18.4 Å². The number of fused-ring (bicyclic) bond motifs is 2. The van der Waals surface area contributed by atoms with Crippen molar-refractivity contribution in [2.24, 2.45) is 0 Å². The average molecular weight is 527 g/mol. The predicted molar refractivity (Wildman–Crippen MR) is 135 cm³/mol. The third kappa shape index (κ3) is 10.4. The molecule has 1 fully saturated rings. The van der Waals surface area contributed by atoms with Crippen molar-refractivity contribution >= 4 is 29.5 Å². The Kier molecular flexibility index (Phi) is 12.7. The quantitative estimate of drug-likeness (QED) is 0.210. The van der Waals surface area contributed by atoms with Gasteiger partial charge in [0.1, 0.15) is 24.4 Å². The van der Waals surface area contributed by atoms with Crippen LogP contribution in [0.15, 0.2) is 34.4 Å². The molecule has 5 atom stereocenters. The van der Waals surface area contributed by atoms with E-state index in [0.29, 0.717) is 42.9 Å². The molecule has 8 nitrogen and oxygen atoms in total. The highest BCUT2D eigenvalue weighted by Crippen LogP contribution is 2.31. The minimum absolute atomic E-state index is 0.0530. The number of halogens is 1. The van der Waals surface area contributed by atoms with Crippen LogP contribution in [0.3, 0.4) is 0 Å². The molecule has 36 heavy (non-hydrogen) atoms. The Morgan fingerprint density at radius 3 is 2.75 bits per heavy atom. The number of aliphatic hydroxyl groups excluding tert-OH is 1. The number of aliphatic hydroxyl groups is 1. The molecular formula is C27H39ClO8. The van der Waals surface area contributed by atoms with E-state index in [1.54, 1.807) is 19.9 Å². The normalized spacial score (nSPS) is 26.7. The lowest BCUT2D eigenvalue weighted by Gasteiger charge is -2.24. The summed E-state index contributed by atoms with van der Waals surface area (Å²) in [5.41, 5.74) is 1.36. The monoisotopic (exact) mass is 526 g/mol. The van der Waals surface area contributed by atoms with Crippen LogP contribution >= 0.6 is 11.6 Å². The Bertz CT molecular complexity index is 862. The highest BCUT2D eigenvalue weighted by molar-refractivity contribution is 6.29. The van der Waals surface area contributed by atoms with Crippen LogP contribution in [0.4, 0.5) is 0 Å². The first-order valence-electron chi connectivity index (χ1n) is 12.6. The van der Waals surface area contributed by atoms with Crippen molar-refractivity contribution < 1.29 is 38.4 Å². The fraction of sp³-hybridized carbons (Fsp3) is 0.667. The zero-order chi connectivity index (χ0) is 26.7. The van der Waals surface area contributed by atoms with E-state index in [-0.39, 0.29) is 24.9 Å². The molecule has 0 spiro atoms. The molecule has 0 radical (unpaired) electrons. The number of carbonyl (C=O) groups is 3. The van der Waals surface area contributed by atoms with E-state index in [9.17, 15) is 19.5 Å². The molecule has 2 heterocycles. The number of unbranched alkanes of at least 4 members (excludes halogenated alkanes) is 1. The lowest BCUT2D eigenvalue weighted by molar-refractivity contribution is -0.159. The summed E-state index contributed by atoms with van der Waals surface area (Å²) < 4.78 is 22.3. The molecule has 0 saturated carbocycles. The highest BCUT2D eigenvalue weighted by atomic mass is 35.5. The molecule has 9 heteroatoms. The molecule has 0 aromatic heterocycles. The van der Waals surface area contributed by atoms with E-state index in [4.69, 9.17) is 30.5 Å². The summed E-state index contributed by atoms with van der Waals surface area (Å²) in [7, 11) is 0. The van der Waals surface area contributed by atoms with Gasteiger partial charge in [0.25, 0.3) is 0 Å². The number of hydrogen-bond donors (Lipinski definition) is 1. The number of carbonyl (C=O) groups excluding carboxylic acids is 3. The van der Waals surface area contributed by atoms with E-state index in [2.05, 4.69) is 0 Å². The molecule has 1 N–H and O–H groups in total. The summed E-state index contributed by atoms with van der Waals surface area (Å²) in [6.45, 7) is 7.19. The fourth-order valence-electron chi connectivity index (χ4n) is 4.18. The second-order valence-electron chi connectivity index (χ2n) is 9.42. The minimum atomic E-state index is -1.09. The first-order valence-corrected chi connectivity index (χ1v) is 13.0. The standard InChI is InChI=1S/C27H39ClO8/c1-5-6-12-33-25(31)14-17(2)13-22(30)27-24-15-21(35-27)11-10-20(28)9-7-8-18(3)23(34-19(4)29)16-26(32)36-24/h8-9,13,21-24,27,30H,5-7,10-12,14-16H2,1-4H3. The number of esters is 3. The maximum atomic E-state index is 12.8. The highest BCUT2D eigenvalue weighted by Gasteiger charge is 2.41. The van der Waals surface area contributed by atoms with Crippen molar-refractivity contribution in [2.45, 2.75) is 110 Å². The molecule has 0 amide bonds. The maximum Gasteiger partial charge on any atom is 0.310 e.